The van der Waals surface area contributed by atoms with Gasteiger partial charge < -0.3 is 9.30 Å². The summed E-state index contributed by atoms with van der Waals surface area (Å²) in [5.74, 6) is -0.409. The van der Waals surface area contributed by atoms with Crippen LogP contribution in [-0.2, 0) is 16.1 Å². The quantitative estimate of drug-likeness (QED) is 0.732. The maximum Gasteiger partial charge on any atom is 0.248 e. The first-order valence-electron chi connectivity index (χ1n) is 7.60. The van der Waals surface area contributed by atoms with Crippen molar-refractivity contribution in [2.45, 2.75) is 39.7 Å². The second kappa shape index (κ2) is 8.19. The van der Waals surface area contributed by atoms with Gasteiger partial charge in [-0.3, -0.25) is 4.79 Å². The second-order valence-corrected chi connectivity index (χ2v) is 5.96. The number of aromatic nitrogens is 1. The van der Waals surface area contributed by atoms with Crippen LogP contribution in [0.15, 0.2) is 23.2 Å². The number of carbonyl (C=O) groups is 1. The van der Waals surface area contributed by atoms with Crippen LogP contribution >= 0.6 is 11.3 Å². The molecule has 0 atom stereocenters. The molecule has 0 unspecified atom stereocenters. The molecule has 120 valence electrons. The molecule has 0 saturated carbocycles. The number of unbranched alkanes of at least 4 members (excludes halogenated alkanes) is 1. The second-order valence-electron chi connectivity index (χ2n) is 4.95. The number of carbonyl (C=O) groups excluding carboxylic acids is 1. The Bertz CT molecular complexity index is 706. The van der Waals surface area contributed by atoms with E-state index < -0.39 is 0 Å². The number of halogens is 1. The smallest absolute Gasteiger partial charge is 0.248 e. The Morgan fingerprint density at radius 3 is 2.95 bits per heavy atom. The zero-order chi connectivity index (χ0) is 15.9. The van der Waals surface area contributed by atoms with Gasteiger partial charge in [0, 0.05) is 19.6 Å². The van der Waals surface area contributed by atoms with Crippen molar-refractivity contribution >= 4 is 27.5 Å². The Morgan fingerprint density at radius 2 is 2.23 bits per heavy atom. The lowest BCUT2D eigenvalue weighted by Crippen LogP contribution is -2.19. The number of amides is 1. The average molecular weight is 324 g/mol. The number of hydrogen-bond acceptors (Lipinski definition) is 3. The molecule has 0 saturated heterocycles. The lowest BCUT2D eigenvalue weighted by atomic mass is 10.2. The van der Waals surface area contributed by atoms with Crippen LogP contribution < -0.4 is 4.80 Å². The van der Waals surface area contributed by atoms with E-state index in [1.807, 2.05) is 18.4 Å². The van der Waals surface area contributed by atoms with Gasteiger partial charge in [-0.15, -0.1) is 0 Å². The van der Waals surface area contributed by atoms with Crippen molar-refractivity contribution in [3.8, 4) is 0 Å². The van der Waals surface area contributed by atoms with Crippen molar-refractivity contribution in [1.82, 2.24) is 4.57 Å². The number of fused-ring (bicyclic) bond motifs is 1. The molecule has 0 radical (unpaired) electrons. The number of benzene rings is 1. The number of nitrogens with zero attached hydrogens (tertiary/aromatic N) is 2. The van der Waals surface area contributed by atoms with E-state index in [4.69, 9.17) is 4.74 Å². The molecule has 6 heteroatoms. The zero-order valence-corrected chi connectivity index (χ0v) is 13.8. The summed E-state index contributed by atoms with van der Waals surface area (Å²) in [5.41, 5.74) is 0.883. The summed E-state index contributed by atoms with van der Waals surface area (Å²) in [5, 5.41) is 0. The van der Waals surface area contributed by atoms with Gasteiger partial charge in [-0.2, -0.15) is 4.99 Å². The molecule has 2 aromatic rings. The third-order valence-corrected chi connectivity index (χ3v) is 4.31. The molecule has 0 bridgehead atoms. The van der Waals surface area contributed by atoms with Crippen LogP contribution in [0, 0.1) is 5.82 Å². The van der Waals surface area contributed by atoms with Gasteiger partial charge in [0.05, 0.1) is 16.8 Å². The van der Waals surface area contributed by atoms with Gasteiger partial charge in [0.1, 0.15) is 5.82 Å². The summed E-state index contributed by atoms with van der Waals surface area (Å²) in [6.07, 6.45) is 2.24. The molecule has 0 aliphatic rings. The Balaban J connectivity index is 2.39. The molecular weight excluding hydrogens is 303 g/mol. The van der Waals surface area contributed by atoms with Crippen molar-refractivity contribution in [3.63, 3.8) is 0 Å². The van der Waals surface area contributed by atoms with Gasteiger partial charge >= 0.3 is 0 Å². The molecule has 1 heterocycles. The van der Waals surface area contributed by atoms with E-state index in [1.165, 1.54) is 23.5 Å². The Morgan fingerprint density at radius 1 is 1.41 bits per heavy atom. The Kier molecular flexibility index (Phi) is 6.27. The summed E-state index contributed by atoms with van der Waals surface area (Å²) in [7, 11) is 0. The summed E-state index contributed by atoms with van der Waals surface area (Å²) >= 11 is 1.34. The summed E-state index contributed by atoms with van der Waals surface area (Å²) in [4.78, 5) is 16.7. The highest BCUT2D eigenvalue weighted by atomic mass is 32.1. The van der Waals surface area contributed by atoms with Gasteiger partial charge in [0.15, 0.2) is 4.80 Å². The highest BCUT2D eigenvalue weighted by molar-refractivity contribution is 7.16. The molecule has 2 rings (SSSR count). The number of hydrogen-bond donors (Lipinski definition) is 0. The molecule has 4 nitrogen and oxygen atoms in total. The van der Waals surface area contributed by atoms with Gasteiger partial charge in [-0.1, -0.05) is 24.7 Å². The van der Waals surface area contributed by atoms with Crippen LogP contribution in [0.5, 0.6) is 0 Å². The molecule has 1 aromatic carbocycles. The van der Waals surface area contributed by atoms with E-state index in [9.17, 15) is 9.18 Å². The van der Waals surface area contributed by atoms with Gasteiger partial charge in [0.2, 0.25) is 5.91 Å². The largest absolute Gasteiger partial charge is 0.380 e. The predicted molar refractivity (Wildman–Crippen MR) is 86.4 cm³/mol. The Hall–Kier alpha value is -1.53. The normalized spacial score (nSPS) is 12.2. The monoisotopic (exact) mass is 324 g/mol. The maximum atomic E-state index is 13.4. The lowest BCUT2D eigenvalue weighted by Gasteiger charge is -2.05. The fourth-order valence-corrected chi connectivity index (χ4v) is 3.24. The van der Waals surface area contributed by atoms with E-state index >= 15 is 0 Å². The fraction of sp³-hybridized carbons (Fsp3) is 0.500. The van der Waals surface area contributed by atoms with E-state index in [2.05, 4.69) is 4.99 Å². The highest BCUT2D eigenvalue weighted by Crippen LogP contribution is 2.18. The first-order valence-corrected chi connectivity index (χ1v) is 8.41. The van der Waals surface area contributed by atoms with Crippen LogP contribution in [0.4, 0.5) is 4.39 Å². The van der Waals surface area contributed by atoms with Crippen molar-refractivity contribution in [3.05, 3.63) is 28.8 Å². The SMILES string of the molecule is CCCCC(=O)N=c1sc2cc(F)ccc2n1CCOCC. The van der Waals surface area contributed by atoms with Crippen molar-refractivity contribution in [2.75, 3.05) is 13.2 Å². The first kappa shape index (κ1) is 16.8. The molecule has 0 fully saturated rings. The maximum absolute atomic E-state index is 13.4. The fourth-order valence-electron chi connectivity index (χ4n) is 2.14. The van der Waals surface area contributed by atoms with Crippen molar-refractivity contribution in [2.24, 2.45) is 4.99 Å². The van der Waals surface area contributed by atoms with Crippen LogP contribution in [0.3, 0.4) is 0 Å². The third-order valence-electron chi connectivity index (χ3n) is 3.27. The topological polar surface area (TPSA) is 43.6 Å². The number of rotatable bonds is 7. The lowest BCUT2D eigenvalue weighted by molar-refractivity contribution is -0.118. The summed E-state index contributed by atoms with van der Waals surface area (Å²) < 4.78 is 21.5. The molecule has 0 N–H and O–H groups in total. The summed E-state index contributed by atoms with van der Waals surface area (Å²) in [6, 6.07) is 4.63. The molecule has 0 spiro atoms. The standard InChI is InChI=1S/C16H21FN2O2S/c1-3-5-6-15(20)18-16-19(9-10-21-4-2)13-8-7-12(17)11-14(13)22-16/h7-8,11H,3-6,9-10H2,1-2H3. The van der Waals surface area contributed by atoms with E-state index in [1.54, 1.807) is 6.07 Å². The average Bonchev–Trinajstić information content (AvgIpc) is 2.82. The molecule has 22 heavy (non-hydrogen) atoms. The number of ether oxygens (including phenoxy) is 1. The molecule has 0 aliphatic carbocycles. The van der Waals surface area contributed by atoms with Gasteiger partial charge in [-0.25, -0.2) is 4.39 Å². The van der Waals surface area contributed by atoms with Gasteiger partial charge in [-0.05, 0) is 31.5 Å². The highest BCUT2D eigenvalue weighted by Gasteiger charge is 2.08. The minimum absolute atomic E-state index is 0.126. The first-order chi connectivity index (χ1) is 10.7. The predicted octanol–water partition coefficient (Wildman–Crippen LogP) is 3.50. The van der Waals surface area contributed by atoms with E-state index in [0.29, 0.717) is 31.0 Å². The van der Waals surface area contributed by atoms with Crippen molar-refractivity contribution < 1.29 is 13.9 Å². The molecule has 0 aliphatic heterocycles. The minimum Gasteiger partial charge on any atom is -0.380 e. The number of thiazole rings is 1. The van der Waals surface area contributed by atoms with Gasteiger partial charge in [0.25, 0.3) is 0 Å². The van der Waals surface area contributed by atoms with E-state index in [-0.39, 0.29) is 11.7 Å². The molecule has 1 aromatic heterocycles. The zero-order valence-electron chi connectivity index (χ0n) is 13.0. The van der Waals surface area contributed by atoms with E-state index in [0.717, 1.165) is 23.1 Å². The van der Waals surface area contributed by atoms with Crippen LogP contribution in [0.25, 0.3) is 10.2 Å². The van der Waals surface area contributed by atoms with Crippen LogP contribution in [0.2, 0.25) is 0 Å². The van der Waals surface area contributed by atoms with Crippen molar-refractivity contribution in [1.29, 1.82) is 0 Å². The third kappa shape index (κ3) is 4.24. The molecular formula is C16H21FN2O2S. The minimum atomic E-state index is -0.283. The molecule has 1 amide bonds. The Labute approximate surface area is 133 Å². The summed E-state index contributed by atoms with van der Waals surface area (Å²) in [6.45, 7) is 5.75. The van der Waals surface area contributed by atoms with Crippen LogP contribution in [-0.4, -0.2) is 23.7 Å². The van der Waals surface area contributed by atoms with Crippen LogP contribution in [0.1, 0.15) is 33.1 Å².